The molecule has 256 valence electrons. The molecular weight excluding hydrogens is 591 g/mol. The Labute approximate surface area is 267 Å². The first-order valence-electron chi connectivity index (χ1n) is 17.1. The Kier molecular flexibility index (Phi) is 26.4. The number of rotatable bonds is 23. The summed E-state index contributed by atoms with van der Waals surface area (Å²) in [7, 11) is -3.70. The van der Waals surface area contributed by atoms with E-state index in [0.29, 0.717) is 19.3 Å². The number of aliphatic hydroxyl groups is 2. The van der Waals surface area contributed by atoms with Crippen LogP contribution in [0.25, 0.3) is 0 Å². The summed E-state index contributed by atoms with van der Waals surface area (Å²) < 4.78 is 16.4. The van der Waals surface area contributed by atoms with Gasteiger partial charge in [0.2, 0.25) is 0 Å². The molecule has 10 heteroatoms. The summed E-state index contributed by atoms with van der Waals surface area (Å²) in [5.74, 6) is 0. The Morgan fingerprint density at radius 1 is 0.738 bits per heavy atom. The van der Waals surface area contributed by atoms with E-state index in [1.165, 1.54) is 61.9 Å². The second-order valence-corrected chi connectivity index (χ2v) is 38.3. The van der Waals surface area contributed by atoms with Gasteiger partial charge in [-0.25, -0.2) is 0 Å². The first kappa shape index (κ1) is 44.8. The number of aliphatic hydroxyl groups excluding tert-OH is 2. The topological polar surface area (TPSA) is 97.5 Å². The fourth-order valence-electron chi connectivity index (χ4n) is 4.29. The zero-order valence-corrected chi connectivity index (χ0v) is 34.3. The van der Waals surface area contributed by atoms with E-state index in [0.717, 1.165) is 39.3 Å². The van der Waals surface area contributed by atoms with Gasteiger partial charge in [0.15, 0.2) is 0 Å². The van der Waals surface area contributed by atoms with Gasteiger partial charge in [-0.3, -0.25) is 0 Å². The zero-order valence-electron chi connectivity index (χ0n) is 30.3. The van der Waals surface area contributed by atoms with E-state index in [1.54, 1.807) is 0 Å². The standard InChI is InChI=1S/C17H40O2Si2.C13H30O2Si2.C2H7NO/c1-7-8-9-11-17(18)16-19-12-10-13-21(5,6)15-14-20(2,3)4;1-16(2,3)9-10-17(4,5)8-6-7-14-11-13-12-15-13;3-1-2-4/h17-18H,7-16H2,1-6H3;13H,6-12H2,1-5H3;4H,1-3H2. The normalized spacial score (nSPS) is 16.3. The van der Waals surface area contributed by atoms with Crippen molar-refractivity contribution in [2.75, 3.05) is 46.2 Å². The lowest BCUT2D eigenvalue weighted by atomic mass is 10.1. The Morgan fingerprint density at radius 3 is 1.57 bits per heavy atom. The molecule has 2 unspecified atom stereocenters. The van der Waals surface area contributed by atoms with Gasteiger partial charge < -0.3 is 30.2 Å². The molecule has 1 rings (SSSR count). The van der Waals surface area contributed by atoms with Gasteiger partial charge in [-0.1, -0.05) is 128 Å². The minimum atomic E-state index is -1.02. The van der Waals surface area contributed by atoms with Crippen LogP contribution in [0.4, 0.5) is 0 Å². The van der Waals surface area contributed by atoms with E-state index < -0.39 is 32.3 Å². The van der Waals surface area contributed by atoms with E-state index in [9.17, 15) is 5.11 Å². The zero-order chi connectivity index (χ0) is 32.7. The van der Waals surface area contributed by atoms with Crippen LogP contribution in [0.3, 0.4) is 0 Å². The number of nitrogens with two attached hydrogens (primary N) is 1. The maximum atomic E-state index is 9.80. The molecule has 0 aromatic rings. The first-order valence-corrected chi connectivity index (χ1v) is 31.4. The molecule has 0 radical (unpaired) electrons. The molecule has 0 bridgehead atoms. The number of hydrogen-bond acceptors (Lipinski definition) is 6. The molecule has 1 aliphatic rings. The minimum Gasteiger partial charge on any atom is -0.395 e. The SMILES string of the molecule is CCCCCC(O)COCCC[Si](C)(C)CC[Si](C)(C)C.C[Si](C)(C)CC[Si](C)(C)CCCOCC1CO1.NCCO. The van der Waals surface area contributed by atoms with Crippen LogP contribution in [0, 0.1) is 0 Å². The van der Waals surface area contributed by atoms with Crippen molar-refractivity contribution >= 4 is 32.3 Å². The van der Waals surface area contributed by atoms with Gasteiger partial charge in [0.1, 0.15) is 6.10 Å². The molecule has 1 saturated heterocycles. The van der Waals surface area contributed by atoms with E-state index in [4.69, 9.17) is 25.1 Å². The second kappa shape index (κ2) is 24.8. The third-order valence-electron chi connectivity index (χ3n) is 7.67. The van der Waals surface area contributed by atoms with Crippen molar-refractivity contribution in [1.29, 1.82) is 0 Å². The van der Waals surface area contributed by atoms with E-state index in [1.807, 2.05) is 0 Å². The highest BCUT2D eigenvalue weighted by Gasteiger charge is 2.25. The lowest BCUT2D eigenvalue weighted by Gasteiger charge is -2.26. The highest BCUT2D eigenvalue weighted by Crippen LogP contribution is 2.25. The third kappa shape index (κ3) is 36.8. The van der Waals surface area contributed by atoms with Crippen LogP contribution >= 0.6 is 0 Å². The predicted molar refractivity (Wildman–Crippen MR) is 197 cm³/mol. The number of epoxide rings is 1. The number of hydrogen-bond donors (Lipinski definition) is 3. The smallest absolute Gasteiger partial charge is 0.104 e. The first-order chi connectivity index (χ1) is 19.4. The molecule has 1 fully saturated rings. The van der Waals surface area contributed by atoms with Crippen molar-refractivity contribution in [3.63, 3.8) is 0 Å². The van der Waals surface area contributed by atoms with Crippen LogP contribution in [-0.2, 0) is 14.2 Å². The molecule has 6 nitrogen and oxygen atoms in total. The lowest BCUT2D eigenvalue weighted by Crippen LogP contribution is -2.30. The molecule has 0 spiro atoms. The van der Waals surface area contributed by atoms with Crippen molar-refractivity contribution in [3.8, 4) is 0 Å². The summed E-state index contributed by atoms with van der Waals surface area (Å²) in [5, 5.41) is 17.5. The molecule has 0 aromatic heterocycles. The van der Waals surface area contributed by atoms with Gasteiger partial charge in [-0.15, -0.1) is 0 Å². The van der Waals surface area contributed by atoms with E-state index in [2.05, 4.69) is 72.4 Å². The summed E-state index contributed by atoms with van der Waals surface area (Å²) in [6.07, 6.45) is 7.03. The summed E-state index contributed by atoms with van der Waals surface area (Å²) in [6, 6.07) is 8.75. The molecule has 0 amide bonds. The lowest BCUT2D eigenvalue weighted by molar-refractivity contribution is 0.0315. The molecular formula is C32H77NO5Si4. The molecule has 0 aromatic carbocycles. The summed E-state index contributed by atoms with van der Waals surface area (Å²) in [5.41, 5.74) is 4.78. The highest BCUT2D eigenvalue weighted by atomic mass is 28.3. The average Bonchev–Trinajstić information content (AvgIpc) is 3.70. The summed E-state index contributed by atoms with van der Waals surface area (Å²) in [6.45, 7) is 31.7. The maximum absolute atomic E-state index is 9.80. The van der Waals surface area contributed by atoms with Crippen LogP contribution in [-0.4, -0.2) is 101 Å². The van der Waals surface area contributed by atoms with Crippen LogP contribution in [0.2, 0.25) is 102 Å². The van der Waals surface area contributed by atoms with E-state index in [-0.39, 0.29) is 12.7 Å². The Balaban J connectivity index is 0. The minimum absolute atomic E-state index is 0.0972. The van der Waals surface area contributed by atoms with Crippen LogP contribution < -0.4 is 5.73 Å². The molecule has 4 N–H and O–H groups in total. The van der Waals surface area contributed by atoms with Gasteiger partial charge in [-0.05, 0) is 19.3 Å². The summed E-state index contributed by atoms with van der Waals surface area (Å²) >= 11 is 0. The van der Waals surface area contributed by atoms with Gasteiger partial charge >= 0.3 is 0 Å². The second-order valence-electron chi connectivity index (χ2n) is 16.4. The maximum Gasteiger partial charge on any atom is 0.104 e. The van der Waals surface area contributed by atoms with E-state index >= 15 is 0 Å². The van der Waals surface area contributed by atoms with Crippen molar-refractivity contribution in [2.24, 2.45) is 5.73 Å². The van der Waals surface area contributed by atoms with Crippen molar-refractivity contribution in [2.45, 2.75) is 159 Å². The molecule has 42 heavy (non-hydrogen) atoms. The highest BCUT2D eigenvalue weighted by molar-refractivity contribution is 6.82. The Hall–Kier alpha value is 0.628. The van der Waals surface area contributed by atoms with Gasteiger partial charge in [0.05, 0.1) is 32.5 Å². The number of ether oxygens (including phenoxy) is 3. The third-order valence-corrected chi connectivity index (χ3v) is 18.8. The van der Waals surface area contributed by atoms with Gasteiger partial charge in [-0.2, -0.15) is 0 Å². The fourth-order valence-corrected chi connectivity index (χ4v) is 18.4. The molecule has 2 atom stereocenters. The van der Waals surface area contributed by atoms with Crippen molar-refractivity contribution < 1.29 is 24.4 Å². The predicted octanol–water partition coefficient (Wildman–Crippen LogP) is 8.16. The quantitative estimate of drug-likeness (QED) is 0.0578. The molecule has 1 heterocycles. The monoisotopic (exact) mass is 667 g/mol. The number of unbranched alkanes of at least 4 members (excludes halogenated alkanes) is 2. The van der Waals surface area contributed by atoms with Crippen molar-refractivity contribution in [1.82, 2.24) is 0 Å². The average molecular weight is 668 g/mol. The fraction of sp³-hybridized carbons (Fsp3) is 1.00. The van der Waals surface area contributed by atoms with Gasteiger partial charge in [0, 0.05) is 52.1 Å². The Morgan fingerprint density at radius 2 is 1.19 bits per heavy atom. The Bertz CT molecular complexity index is 607. The summed E-state index contributed by atoms with van der Waals surface area (Å²) in [4.78, 5) is 0. The molecule has 0 aliphatic carbocycles. The van der Waals surface area contributed by atoms with Crippen molar-refractivity contribution in [3.05, 3.63) is 0 Å². The van der Waals surface area contributed by atoms with Gasteiger partial charge in [0.25, 0.3) is 0 Å². The van der Waals surface area contributed by atoms with Crippen LogP contribution in [0.1, 0.15) is 45.4 Å². The van der Waals surface area contributed by atoms with Crippen LogP contribution in [0.15, 0.2) is 0 Å². The van der Waals surface area contributed by atoms with Crippen LogP contribution in [0.5, 0.6) is 0 Å². The molecule has 0 saturated carbocycles. The molecule has 1 aliphatic heterocycles. The largest absolute Gasteiger partial charge is 0.395 e.